The van der Waals surface area contributed by atoms with E-state index in [1.165, 1.54) is 12.1 Å². The highest BCUT2D eigenvalue weighted by atomic mass is 32.2. The molecule has 0 unspecified atom stereocenters. The van der Waals surface area contributed by atoms with Gasteiger partial charge in [0.05, 0.1) is 21.8 Å². The fourth-order valence-corrected chi connectivity index (χ4v) is 4.95. The Bertz CT molecular complexity index is 1240. The minimum Gasteiger partial charge on any atom is -0.339 e. The van der Waals surface area contributed by atoms with E-state index < -0.39 is 22.5 Å². The zero-order valence-corrected chi connectivity index (χ0v) is 20.4. The second-order valence-corrected chi connectivity index (χ2v) is 9.59. The van der Waals surface area contributed by atoms with Crippen molar-refractivity contribution in [3.05, 3.63) is 90.0 Å². The van der Waals surface area contributed by atoms with E-state index >= 15 is 0 Å². The fourth-order valence-electron chi connectivity index (χ4n) is 3.53. The van der Waals surface area contributed by atoms with Crippen LogP contribution in [0.4, 0.5) is 11.4 Å². The molecule has 3 rings (SSSR count). The van der Waals surface area contributed by atoms with Gasteiger partial charge >= 0.3 is 0 Å². The number of nitrogens with zero attached hydrogens (tertiary/aromatic N) is 2. The van der Waals surface area contributed by atoms with Crippen molar-refractivity contribution in [1.82, 2.24) is 4.90 Å². The van der Waals surface area contributed by atoms with Gasteiger partial charge in [-0.05, 0) is 57.2 Å². The van der Waals surface area contributed by atoms with Crippen molar-refractivity contribution >= 4 is 33.2 Å². The standard InChI is InChI=1S/C26H29N3O4S/c1-4-28(5-2)26(31)23-13-9-10-14-24(23)27-25(30)19-29(21-11-7-6-8-12-21)34(32,33)22-17-15-20(3)16-18-22/h6-18H,4-5,19H2,1-3H3,(H,27,30). The first kappa shape index (κ1) is 25.0. The Morgan fingerprint density at radius 1 is 0.824 bits per heavy atom. The highest BCUT2D eigenvalue weighted by Crippen LogP contribution is 2.24. The molecular weight excluding hydrogens is 450 g/mol. The number of hydrogen-bond acceptors (Lipinski definition) is 4. The minimum absolute atomic E-state index is 0.0897. The summed E-state index contributed by atoms with van der Waals surface area (Å²) in [6.45, 7) is 6.26. The second kappa shape index (κ2) is 11.0. The van der Waals surface area contributed by atoms with E-state index in [0.29, 0.717) is 30.0 Å². The number of rotatable bonds is 9. The molecule has 0 heterocycles. The molecule has 0 aromatic heterocycles. The lowest BCUT2D eigenvalue weighted by Crippen LogP contribution is -2.38. The number of carbonyl (C=O) groups is 2. The summed E-state index contributed by atoms with van der Waals surface area (Å²) in [6, 6.07) is 21.7. The Hall–Kier alpha value is -3.65. The molecule has 34 heavy (non-hydrogen) atoms. The number of benzene rings is 3. The molecule has 0 saturated carbocycles. The predicted molar refractivity (Wildman–Crippen MR) is 134 cm³/mol. The van der Waals surface area contributed by atoms with E-state index in [1.54, 1.807) is 71.6 Å². The lowest BCUT2D eigenvalue weighted by atomic mass is 10.1. The van der Waals surface area contributed by atoms with Gasteiger partial charge in [0.25, 0.3) is 15.9 Å². The van der Waals surface area contributed by atoms with Gasteiger partial charge in [-0.25, -0.2) is 8.42 Å². The van der Waals surface area contributed by atoms with E-state index in [4.69, 9.17) is 0 Å². The highest BCUT2D eigenvalue weighted by Gasteiger charge is 2.27. The van der Waals surface area contributed by atoms with Gasteiger partial charge in [-0.1, -0.05) is 48.0 Å². The second-order valence-electron chi connectivity index (χ2n) is 7.73. The van der Waals surface area contributed by atoms with Crippen molar-refractivity contribution in [3.8, 4) is 0 Å². The van der Waals surface area contributed by atoms with Crippen LogP contribution in [-0.2, 0) is 14.8 Å². The number of amides is 2. The van der Waals surface area contributed by atoms with Gasteiger partial charge in [-0.15, -0.1) is 0 Å². The quantitative estimate of drug-likeness (QED) is 0.495. The lowest BCUT2D eigenvalue weighted by Gasteiger charge is -2.25. The monoisotopic (exact) mass is 479 g/mol. The molecule has 0 radical (unpaired) electrons. The lowest BCUT2D eigenvalue weighted by molar-refractivity contribution is -0.114. The van der Waals surface area contributed by atoms with Crippen LogP contribution < -0.4 is 9.62 Å². The Morgan fingerprint density at radius 2 is 1.41 bits per heavy atom. The molecular formula is C26H29N3O4S. The molecule has 3 aromatic carbocycles. The average Bonchev–Trinajstić information content (AvgIpc) is 2.84. The number of sulfonamides is 1. The molecule has 0 spiro atoms. The Labute approximate surface area is 201 Å². The molecule has 8 heteroatoms. The Kier molecular flexibility index (Phi) is 8.07. The molecule has 0 saturated heterocycles. The van der Waals surface area contributed by atoms with Crippen LogP contribution in [0.1, 0.15) is 29.8 Å². The number of anilines is 2. The summed E-state index contributed by atoms with van der Waals surface area (Å²) >= 11 is 0. The minimum atomic E-state index is -4.01. The molecule has 0 bridgehead atoms. The number of carbonyl (C=O) groups excluding carboxylic acids is 2. The molecule has 3 aromatic rings. The van der Waals surface area contributed by atoms with Crippen LogP contribution >= 0.6 is 0 Å². The summed E-state index contributed by atoms with van der Waals surface area (Å²) in [5, 5.41) is 2.73. The SMILES string of the molecule is CCN(CC)C(=O)c1ccccc1NC(=O)CN(c1ccccc1)S(=O)(=O)c1ccc(C)cc1. The van der Waals surface area contributed by atoms with Gasteiger partial charge < -0.3 is 10.2 Å². The third-order valence-electron chi connectivity index (χ3n) is 5.42. The topological polar surface area (TPSA) is 86.8 Å². The summed E-state index contributed by atoms with van der Waals surface area (Å²) in [7, 11) is -4.01. The first-order valence-corrected chi connectivity index (χ1v) is 12.5. The van der Waals surface area contributed by atoms with Gasteiger partial charge in [0.15, 0.2) is 0 Å². The smallest absolute Gasteiger partial charge is 0.264 e. The zero-order valence-electron chi connectivity index (χ0n) is 19.6. The number of para-hydroxylation sites is 2. The van der Waals surface area contributed by atoms with Gasteiger partial charge in [0.1, 0.15) is 6.54 Å². The average molecular weight is 480 g/mol. The van der Waals surface area contributed by atoms with Crippen LogP contribution in [0.2, 0.25) is 0 Å². The summed E-state index contributed by atoms with van der Waals surface area (Å²) in [5.41, 5.74) is 1.99. The molecule has 0 aliphatic heterocycles. The first-order chi connectivity index (χ1) is 16.3. The number of hydrogen-bond donors (Lipinski definition) is 1. The number of nitrogens with one attached hydrogen (secondary N) is 1. The molecule has 7 nitrogen and oxygen atoms in total. The van der Waals surface area contributed by atoms with Crippen molar-refractivity contribution in [2.24, 2.45) is 0 Å². The largest absolute Gasteiger partial charge is 0.339 e. The molecule has 178 valence electrons. The van der Waals surface area contributed by atoms with Crippen LogP contribution in [0.3, 0.4) is 0 Å². The van der Waals surface area contributed by atoms with Crippen LogP contribution in [0.5, 0.6) is 0 Å². The molecule has 0 fully saturated rings. The fraction of sp³-hybridized carbons (Fsp3) is 0.231. The maximum atomic E-state index is 13.5. The maximum Gasteiger partial charge on any atom is 0.264 e. The third kappa shape index (κ3) is 5.63. The Balaban J connectivity index is 1.91. The number of aryl methyl sites for hydroxylation is 1. The van der Waals surface area contributed by atoms with Crippen molar-refractivity contribution in [2.75, 3.05) is 29.3 Å². The van der Waals surface area contributed by atoms with Crippen LogP contribution in [0.25, 0.3) is 0 Å². The Morgan fingerprint density at radius 3 is 2.03 bits per heavy atom. The van der Waals surface area contributed by atoms with Gasteiger partial charge in [0, 0.05) is 13.1 Å². The van der Waals surface area contributed by atoms with Crippen molar-refractivity contribution < 1.29 is 18.0 Å². The van der Waals surface area contributed by atoms with E-state index in [-0.39, 0.29) is 10.8 Å². The van der Waals surface area contributed by atoms with E-state index in [1.807, 2.05) is 20.8 Å². The van der Waals surface area contributed by atoms with E-state index in [2.05, 4.69) is 5.32 Å². The molecule has 0 aliphatic rings. The summed E-state index contributed by atoms with van der Waals surface area (Å²) in [5.74, 6) is -0.757. The van der Waals surface area contributed by atoms with Crippen molar-refractivity contribution in [1.29, 1.82) is 0 Å². The molecule has 1 N–H and O–H groups in total. The van der Waals surface area contributed by atoms with E-state index in [9.17, 15) is 18.0 Å². The predicted octanol–water partition coefficient (Wildman–Crippen LogP) is 4.31. The molecule has 0 atom stereocenters. The van der Waals surface area contributed by atoms with Crippen molar-refractivity contribution in [2.45, 2.75) is 25.7 Å². The molecule has 2 amide bonds. The summed E-state index contributed by atoms with van der Waals surface area (Å²) in [4.78, 5) is 27.7. The summed E-state index contributed by atoms with van der Waals surface area (Å²) in [6.07, 6.45) is 0. The van der Waals surface area contributed by atoms with Gasteiger partial charge in [0.2, 0.25) is 5.91 Å². The molecule has 0 aliphatic carbocycles. The normalized spacial score (nSPS) is 11.0. The van der Waals surface area contributed by atoms with Crippen LogP contribution in [0, 0.1) is 6.92 Å². The highest BCUT2D eigenvalue weighted by molar-refractivity contribution is 7.92. The van der Waals surface area contributed by atoms with Gasteiger partial charge in [-0.3, -0.25) is 13.9 Å². The van der Waals surface area contributed by atoms with Crippen LogP contribution in [0.15, 0.2) is 83.8 Å². The van der Waals surface area contributed by atoms with Crippen molar-refractivity contribution in [3.63, 3.8) is 0 Å². The first-order valence-electron chi connectivity index (χ1n) is 11.1. The van der Waals surface area contributed by atoms with E-state index in [0.717, 1.165) is 9.87 Å². The third-order valence-corrected chi connectivity index (χ3v) is 7.21. The van der Waals surface area contributed by atoms with Gasteiger partial charge in [-0.2, -0.15) is 0 Å². The van der Waals surface area contributed by atoms with Crippen LogP contribution in [-0.4, -0.2) is 44.8 Å². The maximum absolute atomic E-state index is 13.5. The zero-order chi connectivity index (χ0) is 24.7. The summed E-state index contributed by atoms with van der Waals surface area (Å²) < 4.78 is 28.0.